The van der Waals surface area contributed by atoms with Crippen molar-refractivity contribution in [3.63, 3.8) is 0 Å². The molecule has 0 aliphatic rings. The highest BCUT2D eigenvalue weighted by molar-refractivity contribution is 7.89. The standard InChI is InChI=1S/C23H24ClFN2O2S/c1-2-16-27(22-11-7-6-10-21(22)25)23(18-8-4-3-5-9-18)17-26-30(28,29)20-14-12-19(24)13-15-20/h3-15,23,26H,2,16-17H2,1H3/t23-/m1/s1. The molecule has 30 heavy (non-hydrogen) atoms. The summed E-state index contributed by atoms with van der Waals surface area (Å²) in [5.74, 6) is -0.340. The topological polar surface area (TPSA) is 49.4 Å². The predicted octanol–water partition coefficient (Wildman–Crippen LogP) is 5.42. The van der Waals surface area contributed by atoms with Gasteiger partial charge in [-0.05, 0) is 48.4 Å². The van der Waals surface area contributed by atoms with Crippen LogP contribution in [0.25, 0.3) is 0 Å². The Morgan fingerprint density at radius 1 is 0.967 bits per heavy atom. The van der Waals surface area contributed by atoms with Crippen molar-refractivity contribution >= 4 is 27.3 Å². The Labute approximate surface area is 182 Å². The SMILES string of the molecule is CCCN(c1ccccc1F)[C@H](CNS(=O)(=O)c1ccc(Cl)cc1)c1ccccc1. The van der Waals surface area contributed by atoms with Crippen molar-refractivity contribution < 1.29 is 12.8 Å². The van der Waals surface area contributed by atoms with Crippen LogP contribution < -0.4 is 9.62 Å². The summed E-state index contributed by atoms with van der Waals surface area (Å²) in [6.45, 7) is 2.67. The molecule has 0 unspecified atom stereocenters. The molecule has 0 fully saturated rings. The van der Waals surface area contributed by atoms with Gasteiger partial charge < -0.3 is 4.90 Å². The van der Waals surface area contributed by atoms with Crippen molar-refractivity contribution in [1.29, 1.82) is 0 Å². The minimum atomic E-state index is -3.75. The van der Waals surface area contributed by atoms with E-state index in [0.29, 0.717) is 17.3 Å². The normalized spacial score (nSPS) is 12.5. The number of hydrogen-bond acceptors (Lipinski definition) is 3. The summed E-state index contributed by atoms with van der Waals surface area (Å²) in [7, 11) is -3.75. The fourth-order valence-corrected chi connectivity index (χ4v) is 4.50. The van der Waals surface area contributed by atoms with Gasteiger partial charge in [-0.15, -0.1) is 0 Å². The van der Waals surface area contributed by atoms with Crippen LogP contribution in [0, 0.1) is 5.82 Å². The molecule has 1 atom stereocenters. The third-order valence-electron chi connectivity index (χ3n) is 4.78. The van der Waals surface area contributed by atoms with Gasteiger partial charge in [0.15, 0.2) is 0 Å². The molecule has 0 spiro atoms. The summed E-state index contributed by atoms with van der Waals surface area (Å²) in [4.78, 5) is 2.04. The summed E-state index contributed by atoms with van der Waals surface area (Å²) in [6.07, 6.45) is 0.779. The second kappa shape index (κ2) is 10.1. The summed E-state index contributed by atoms with van der Waals surface area (Å²) in [5, 5.41) is 0.463. The van der Waals surface area contributed by atoms with E-state index in [1.165, 1.54) is 30.3 Å². The Morgan fingerprint density at radius 3 is 2.23 bits per heavy atom. The Balaban J connectivity index is 1.94. The number of sulfonamides is 1. The van der Waals surface area contributed by atoms with Crippen LogP contribution >= 0.6 is 11.6 Å². The first-order valence-corrected chi connectivity index (χ1v) is 11.6. The van der Waals surface area contributed by atoms with Crippen LogP contribution in [-0.2, 0) is 10.0 Å². The van der Waals surface area contributed by atoms with E-state index in [1.54, 1.807) is 18.2 Å². The van der Waals surface area contributed by atoms with Gasteiger partial charge in [-0.1, -0.05) is 61.0 Å². The van der Waals surface area contributed by atoms with Gasteiger partial charge in [0.05, 0.1) is 16.6 Å². The molecule has 0 aromatic heterocycles. The number of rotatable bonds is 9. The quantitative estimate of drug-likeness (QED) is 0.477. The lowest BCUT2D eigenvalue weighted by Crippen LogP contribution is -2.39. The van der Waals surface area contributed by atoms with E-state index in [9.17, 15) is 12.8 Å². The van der Waals surface area contributed by atoms with Crippen LogP contribution in [0.15, 0.2) is 83.8 Å². The van der Waals surface area contributed by atoms with Gasteiger partial charge in [-0.3, -0.25) is 0 Å². The van der Waals surface area contributed by atoms with E-state index in [0.717, 1.165) is 12.0 Å². The van der Waals surface area contributed by atoms with Crippen LogP contribution in [0.3, 0.4) is 0 Å². The fraction of sp³-hybridized carbons (Fsp3) is 0.217. The highest BCUT2D eigenvalue weighted by Gasteiger charge is 2.25. The monoisotopic (exact) mass is 446 g/mol. The van der Waals surface area contributed by atoms with Gasteiger partial charge in [0.1, 0.15) is 5.82 Å². The maximum absolute atomic E-state index is 14.6. The zero-order valence-corrected chi connectivity index (χ0v) is 18.2. The Bertz CT molecular complexity index is 1060. The van der Waals surface area contributed by atoms with Gasteiger partial charge in [0.25, 0.3) is 0 Å². The smallest absolute Gasteiger partial charge is 0.240 e. The highest BCUT2D eigenvalue weighted by Crippen LogP contribution is 2.29. The summed E-state index contributed by atoms with van der Waals surface area (Å²) < 4.78 is 42.9. The number of nitrogens with zero attached hydrogens (tertiary/aromatic N) is 1. The summed E-state index contributed by atoms with van der Waals surface area (Å²) >= 11 is 5.87. The van der Waals surface area contributed by atoms with E-state index in [2.05, 4.69) is 4.72 Å². The number of hydrogen-bond donors (Lipinski definition) is 1. The van der Waals surface area contributed by atoms with Crippen LogP contribution in [0.2, 0.25) is 5.02 Å². The molecule has 3 rings (SSSR count). The van der Waals surface area contributed by atoms with Crippen molar-refractivity contribution in [2.24, 2.45) is 0 Å². The average molecular weight is 447 g/mol. The van der Waals surface area contributed by atoms with Gasteiger partial charge >= 0.3 is 0 Å². The minimum Gasteiger partial charge on any atom is -0.361 e. The molecule has 0 radical (unpaired) electrons. The Morgan fingerprint density at radius 2 is 1.60 bits per heavy atom. The first kappa shape index (κ1) is 22.3. The van der Waals surface area contributed by atoms with Crippen molar-refractivity contribution in [2.45, 2.75) is 24.3 Å². The molecule has 0 saturated carbocycles. The van der Waals surface area contributed by atoms with Crippen molar-refractivity contribution in [2.75, 3.05) is 18.0 Å². The molecule has 1 N–H and O–H groups in total. The lowest BCUT2D eigenvalue weighted by molar-refractivity contribution is 0.547. The van der Waals surface area contributed by atoms with Crippen LogP contribution in [0.4, 0.5) is 10.1 Å². The summed E-state index contributed by atoms with van der Waals surface area (Å²) in [5.41, 5.74) is 1.34. The second-order valence-electron chi connectivity index (χ2n) is 6.88. The van der Waals surface area contributed by atoms with Gasteiger partial charge in [-0.25, -0.2) is 17.5 Å². The Hall–Kier alpha value is -2.41. The molecule has 0 aliphatic carbocycles. The van der Waals surface area contributed by atoms with Crippen molar-refractivity contribution in [3.05, 3.63) is 95.3 Å². The number of halogens is 2. The third kappa shape index (κ3) is 5.39. The molecule has 3 aromatic carbocycles. The molecule has 4 nitrogen and oxygen atoms in total. The van der Waals surface area contributed by atoms with Crippen LogP contribution in [0.1, 0.15) is 24.9 Å². The lowest BCUT2D eigenvalue weighted by Gasteiger charge is -2.34. The first-order chi connectivity index (χ1) is 14.4. The Kier molecular flexibility index (Phi) is 7.48. The van der Waals surface area contributed by atoms with Crippen molar-refractivity contribution in [3.8, 4) is 0 Å². The maximum atomic E-state index is 14.6. The molecule has 0 heterocycles. The zero-order valence-electron chi connectivity index (χ0n) is 16.6. The second-order valence-corrected chi connectivity index (χ2v) is 9.08. The molecule has 3 aromatic rings. The average Bonchev–Trinajstić information content (AvgIpc) is 2.75. The van der Waals surface area contributed by atoms with E-state index >= 15 is 0 Å². The van der Waals surface area contributed by atoms with Crippen LogP contribution in [0.5, 0.6) is 0 Å². The van der Waals surface area contributed by atoms with E-state index < -0.39 is 10.0 Å². The molecular weight excluding hydrogens is 423 g/mol. The van der Waals surface area contributed by atoms with E-state index in [1.807, 2.05) is 42.2 Å². The molecule has 158 valence electrons. The maximum Gasteiger partial charge on any atom is 0.240 e. The fourth-order valence-electron chi connectivity index (χ4n) is 3.34. The number of para-hydroxylation sites is 1. The lowest BCUT2D eigenvalue weighted by atomic mass is 10.0. The molecule has 0 aliphatic heterocycles. The van der Waals surface area contributed by atoms with E-state index in [-0.39, 0.29) is 23.3 Å². The van der Waals surface area contributed by atoms with Gasteiger partial charge in [-0.2, -0.15) is 0 Å². The molecular formula is C23H24ClFN2O2S. The molecule has 0 saturated heterocycles. The molecule has 0 amide bonds. The third-order valence-corrected chi connectivity index (χ3v) is 6.47. The van der Waals surface area contributed by atoms with E-state index in [4.69, 9.17) is 11.6 Å². The largest absolute Gasteiger partial charge is 0.361 e. The van der Waals surface area contributed by atoms with Gasteiger partial charge in [0.2, 0.25) is 10.0 Å². The van der Waals surface area contributed by atoms with Crippen molar-refractivity contribution in [1.82, 2.24) is 4.72 Å². The van der Waals surface area contributed by atoms with Crippen LogP contribution in [-0.4, -0.2) is 21.5 Å². The molecule has 7 heteroatoms. The zero-order chi connectivity index (χ0) is 21.6. The number of anilines is 1. The minimum absolute atomic E-state index is 0.0866. The highest BCUT2D eigenvalue weighted by atomic mass is 35.5. The number of nitrogens with one attached hydrogen (secondary N) is 1. The summed E-state index contributed by atoms with van der Waals surface area (Å²) in [6, 6.07) is 21.7. The predicted molar refractivity (Wildman–Crippen MR) is 120 cm³/mol. The number of benzene rings is 3. The van der Waals surface area contributed by atoms with Gasteiger partial charge in [0, 0.05) is 18.1 Å². The first-order valence-electron chi connectivity index (χ1n) is 9.73. The molecule has 0 bridgehead atoms.